The summed E-state index contributed by atoms with van der Waals surface area (Å²) in [6, 6.07) is 0. The van der Waals surface area contributed by atoms with Crippen molar-refractivity contribution >= 4 is 23.3 Å². The number of aliphatic imine (C=N–C) groups is 2. The van der Waals surface area contributed by atoms with Gasteiger partial charge in [0.05, 0.1) is 0 Å². The Balaban J connectivity index is 2.84. The van der Waals surface area contributed by atoms with Gasteiger partial charge in [-0.3, -0.25) is 5.01 Å². The molecular weight excluding hydrogens is 200 g/mol. The van der Waals surface area contributed by atoms with Crippen molar-refractivity contribution in [2.24, 2.45) is 15.8 Å². The highest BCUT2D eigenvalue weighted by molar-refractivity contribution is 6.22. The highest BCUT2D eigenvalue weighted by Gasteiger charge is 2.20. The molecule has 0 spiro atoms. The second-order valence-corrected chi connectivity index (χ2v) is 3.17. The van der Waals surface area contributed by atoms with Crippen LogP contribution in [0.25, 0.3) is 0 Å². The number of hydrogen-bond donors (Lipinski definition) is 1. The summed E-state index contributed by atoms with van der Waals surface area (Å²) in [4.78, 5) is 8.31. The van der Waals surface area contributed by atoms with E-state index in [-0.39, 0.29) is 0 Å². The first kappa shape index (κ1) is 10.9. The minimum atomic E-state index is -0.586. The molecule has 76 valence electrons. The smallest absolute Gasteiger partial charge is 0.213 e. The molecule has 14 heavy (non-hydrogen) atoms. The summed E-state index contributed by atoms with van der Waals surface area (Å²) in [6.45, 7) is 7.23. The third kappa shape index (κ3) is 2.43. The average molecular weight is 213 g/mol. The third-order valence-corrected chi connectivity index (χ3v) is 2.00. The van der Waals surface area contributed by atoms with Crippen LogP contribution < -0.4 is 5.84 Å². The maximum atomic E-state index is 5.89. The largest absolute Gasteiger partial charge is 0.259 e. The second-order valence-electron chi connectivity index (χ2n) is 2.78. The first-order valence-electron chi connectivity index (χ1n) is 4.23. The van der Waals surface area contributed by atoms with Gasteiger partial charge in [-0.25, -0.2) is 15.8 Å². The summed E-state index contributed by atoms with van der Waals surface area (Å²) in [5.41, 5.74) is -0.586. The topological polar surface area (TPSA) is 54.0 Å². The average Bonchev–Trinajstić information content (AvgIpc) is 2.14. The summed E-state index contributed by atoms with van der Waals surface area (Å²) >= 11 is 5.89. The molecule has 1 rings (SSSR count). The molecule has 1 heterocycles. The third-order valence-electron chi connectivity index (χ3n) is 1.70. The first-order valence-corrected chi connectivity index (χ1v) is 4.66. The number of hydrogen-bond acceptors (Lipinski definition) is 4. The summed E-state index contributed by atoms with van der Waals surface area (Å²) in [6.07, 6.45) is 4.62. The van der Waals surface area contributed by atoms with Crippen LogP contribution in [-0.2, 0) is 0 Å². The molecule has 0 aromatic heterocycles. The van der Waals surface area contributed by atoms with E-state index in [2.05, 4.69) is 23.1 Å². The van der Waals surface area contributed by atoms with Crippen LogP contribution in [0.5, 0.6) is 0 Å². The summed E-state index contributed by atoms with van der Waals surface area (Å²) in [7, 11) is 0. The molecule has 4 nitrogen and oxygen atoms in total. The lowest BCUT2D eigenvalue weighted by molar-refractivity contribution is 0.404. The van der Waals surface area contributed by atoms with Crippen molar-refractivity contribution in [2.45, 2.75) is 18.5 Å². The van der Waals surface area contributed by atoms with Gasteiger partial charge in [-0.15, -0.1) is 13.2 Å². The molecule has 0 saturated carbocycles. The van der Waals surface area contributed by atoms with Crippen LogP contribution in [0.4, 0.5) is 0 Å². The molecule has 1 aliphatic rings. The van der Waals surface area contributed by atoms with E-state index < -0.39 is 5.62 Å². The summed E-state index contributed by atoms with van der Waals surface area (Å²) in [5, 5.41) is 1.33. The molecule has 5 heteroatoms. The van der Waals surface area contributed by atoms with Crippen molar-refractivity contribution in [3.8, 4) is 0 Å². The maximum Gasteiger partial charge on any atom is 0.213 e. The lowest BCUT2D eigenvalue weighted by atomic mass is 10.3. The zero-order chi connectivity index (χ0) is 10.6. The van der Waals surface area contributed by atoms with Gasteiger partial charge in [0.25, 0.3) is 0 Å². The summed E-state index contributed by atoms with van der Waals surface area (Å²) < 4.78 is 0. The Kier molecular flexibility index (Phi) is 3.85. The number of halogens is 1. The molecule has 0 fully saturated rings. The normalized spacial score (nSPS) is 21.3. The predicted octanol–water partition coefficient (Wildman–Crippen LogP) is 1.65. The first-order chi connectivity index (χ1) is 6.69. The van der Waals surface area contributed by atoms with Crippen molar-refractivity contribution in [1.29, 1.82) is 0 Å². The van der Waals surface area contributed by atoms with Crippen molar-refractivity contribution in [3.63, 3.8) is 0 Å². The zero-order valence-corrected chi connectivity index (χ0v) is 8.61. The molecule has 0 aromatic carbocycles. The van der Waals surface area contributed by atoms with E-state index in [1.165, 1.54) is 5.01 Å². The zero-order valence-electron chi connectivity index (χ0n) is 7.86. The number of hydrazine groups is 1. The van der Waals surface area contributed by atoms with Gasteiger partial charge in [0, 0.05) is 12.8 Å². The van der Waals surface area contributed by atoms with Crippen molar-refractivity contribution in [3.05, 3.63) is 25.3 Å². The van der Waals surface area contributed by atoms with Gasteiger partial charge in [-0.05, 0) is 0 Å². The van der Waals surface area contributed by atoms with Crippen molar-refractivity contribution in [1.82, 2.24) is 5.01 Å². The second kappa shape index (κ2) is 4.93. The van der Waals surface area contributed by atoms with Crippen LogP contribution in [0.15, 0.2) is 35.3 Å². The van der Waals surface area contributed by atoms with E-state index in [0.717, 1.165) is 0 Å². The number of alkyl halides is 1. The van der Waals surface area contributed by atoms with Crippen LogP contribution in [-0.4, -0.2) is 22.3 Å². The molecule has 0 aliphatic carbocycles. The lowest BCUT2D eigenvalue weighted by Crippen LogP contribution is -2.44. The molecule has 0 radical (unpaired) electrons. The number of amidine groups is 2. The SMILES string of the molecule is C=CCC1=NC(Cl)N(N)C(CC=C)=N1. The monoisotopic (exact) mass is 212 g/mol. The Morgan fingerprint density at radius 3 is 2.64 bits per heavy atom. The van der Waals surface area contributed by atoms with Gasteiger partial charge >= 0.3 is 0 Å². The minimum absolute atomic E-state index is 0.579. The number of nitrogens with two attached hydrogens (primary N) is 1. The number of nitrogens with zero attached hydrogens (tertiary/aromatic N) is 3. The summed E-state index contributed by atoms with van der Waals surface area (Å²) in [5.74, 6) is 6.98. The molecule has 0 amide bonds. The van der Waals surface area contributed by atoms with Crippen LogP contribution in [0.1, 0.15) is 12.8 Å². The fourth-order valence-electron chi connectivity index (χ4n) is 1.05. The molecule has 0 bridgehead atoms. The fourth-order valence-corrected chi connectivity index (χ4v) is 1.28. The highest BCUT2D eigenvalue weighted by Crippen LogP contribution is 2.13. The molecule has 0 aromatic rings. The Hall–Kier alpha value is -1.13. The Labute approximate surface area is 88.4 Å². The standard InChI is InChI=1S/C9H13ClN4/c1-3-5-7-12-8(6-4-2)14(11)9(10)13-7/h3-4,9H,1-2,5-6,11H2. The highest BCUT2D eigenvalue weighted by atomic mass is 35.5. The lowest BCUT2D eigenvalue weighted by Gasteiger charge is -2.26. The van der Waals surface area contributed by atoms with E-state index in [1.807, 2.05) is 0 Å². The minimum Gasteiger partial charge on any atom is -0.259 e. The van der Waals surface area contributed by atoms with E-state index in [4.69, 9.17) is 17.4 Å². The molecule has 1 atom stereocenters. The van der Waals surface area contributed by atoms with Gasteiger partial charge in [-0.1, -0.05) is 23.8 Å². The van der Waals surface area contributed by atoms with Gasteiger partial charge in [0.2, 0.25) is 5.62 Å². The van der Waals surface area contributed by atoms with E-state index in [1.54, 1.807) is 12.2 Å². The van der Waals surface area contributed by atoms with Crippen LogP contribution >= 0.6 is 11.6 Å². The van der Waals surface area contributed by atoms with Crippen molar-refractivity contribution < 1.29 is 0 Å². The van der Waals surface area contributed by atoms with Gasteiger partial charge < -0.3 is 0 Å². The van der Waals surface area contributed by atoms with Gasteiger partial charge in [-0.2, -0.15) is 0 Å². The number of rotatable bonds is 4. The van der Waals surface area contributed by atoms with Crippen LogP contribution in [0.3, 0.4) is 0 Å². The molecule has 0 saturated heterocycles. The fraction of sp³-hybridized carbons (Fsp3) is 0.333. The van der Waals surface area contributed by atoms with E-state index in [9.17, 15) is 0 Å². The van der Waals surface area contributed by atoms with E-state index >= 15 is 0 Å². The van der Waals surface area contributed by atoms with E-state index in [0.29, 0.717) is 24.5 Å². The Bertz CT molecular complexity index is 295. The predicted molar refractivity (Wildman–Crippen MR) is 60.2 cm³/mol. The molecule has 1 aliphatic heterocycles. The Morgan fingerprint density at radius 1 is 1.43 bits per heavy atom. The molecular formula is C9H13ClN4. The van der Waals surface area contributed by atoms with Crippen LogP contribution in [0.2, 0.25) is 0 Å². The quantitative estimate of drug-likeness (QED) is 0.334. The molecule has 2 N–H and O–H groups in total. The van der Waals surface area contributed by atoms with Gasteiger partial charge in [0.15, 0.2) is 0 Å². The van der Waals surface area contributed by atoms with Crippen LogP contribution in [0, 0.1) is 0 Å². The van der Waals surface area contributed by atoms with Gasteiger partial charge in [0.1, 0.15) is 11.7 Å². The molecule has 1 unspecified atom stereocenters. The Morgan fingerprint density at radius 2 is 2.07 bits per heavy atom. The maximum absolute atomic E-state index is 5.89. The van der Waals surface area contributed by atoms with Crippen molar-refractivity contribution in [2.75, 3.05) is 0 Å².